The average molecular weight is 548 g/mol. The third kappa shape index (κ3) is 9.43. The fourth-order valence-corrected chi connectivity index (χ4v) is 4.38. The number of carboxylic acids is 1. The predicted octanol–water partition coefficient (Wildman–Crippen LogP) is -0.593. The normalized spacial score (nSPS) is 17.9. The Labute approximate surface area is 228 Å². The van der Waals surface area contributed by atoms with Crippen LogP contribution in [0.1, 0.15) is 51.5 Å². The van der Waals surface area contributed by atoms with E-state index in [1.165, 1.54) is 17.0 Å². The minimum absolute atomic E-state index is 0.0392. The first-order valence-electron chi connectivity index (χ1n) is 13.2. The first-order valence-corrected chi connectivity index (χ1v) is 13.2. The molecule has 10 N–H and O–H groups in total. The summed E-state index contributed by atoms with van der Waals surface area (Å²) in [5.74, 6) is -2.95. The standard InChI is InChI=1S/C26H41N7O6/c1-3-15(2)21(27)23(36)31-18(6-4-12-30-26(28)29)22(35)32-19(14-16-8-10-17(34)11-9-16)24(37)33-13-5-7-20(33)25(38)39/h8-11,15,18-21,34H,3-7,12-14,27H2,1-2H3,(H,31,36)(H,32,35)(H,38,39)(H4,28,29,30). The number of rotatable bonds is 14. The highest BCUT2D eigenvalue weighted by atomic mass is 16.4. The van der Waals surface area contributed by atoms with Gasteiger partial charge in [-0.15, -0.1) is 0 Å². The lowest BCUT2D eigenvalue weighted by molar-refractivity contribution is -0.149. The summed E-state index contributed by atoms with van der Waals surface area (Å²) in [4.78, 5) is 56.7. The smallest absolute Gasteiger partial charge is 0.326 e. The van der Waals surface area contributed by atoms with E-state index in [4.69, 9.17) is 17.2 Å². The molecule has 0 spiro atoms. The molecule has 5 atom stereocenters. The fourth-order valence-electron chi connectivity index (χ4n) is 4.38. The summed E-state index contributed by atoms with van der Waals surface area (Å²) < 4.78 is 0. The van der Waals surface area contributed by atoms with Gasteiger partial charge < -0.3 is 42.9 Å². The van der Waals surface area contributed by atoms with Gasteiger partial charge in [0.1, 0.15) is 23.9 Å². The van der Waals surface area contributed by atoms with Crippen molar-refractivity contribution in [3.63, 3.8) is 0 Å². The summed E-state index contributed by atoms with van der Waals surface area (Å²) in [7, 11) is 0. The monoisotopic (exact) mass is 547 g/mol. The zero-order valence-corrected chi connectivity index (χ0v) is 22.5. The Hall–Kier alpha value is -3.87. The number of hydrogen-bond acceptors (Lipinski definition) is 7. The molecule has 13 nitrogen and oxygen atoms in total. The van der Waals surface area contributed by atoms with Crippen molar-refractivity contribution in [3.8, 4) is 5.75 Å². The molecule has 39 heavy (non-hydrogen) atoms. The van der Waals surface area contributed by atoms with Gasteiger partial charge >= 0.3 is 5.97 Å². The quantitative estimate of drug-likeness (QED) is 0.0895. The number of amides is 3. The van der Waals surface area contributed by atoms with Crippen molar-refractivity contribution in [1.82, 2.24) is 15.5 Å². The number of nitrogens with one attached hydrogen (secondary N) is 2. The highest BCUT2D eigenvalue weighted by molar-refractivity contribution is 5.94. The van der Waals surface area contributed by atoms with Crippen LogP contribution in [0.5, 0.6) is 5.75 Å². The van der Waals surface area contributed by atoms with Crippen LogP contribution in [-0.2, 0) is 25.6 Å². The summed E-state index contributed by atoms with van der Waals surface area (Å²) >= 11 is 0. The molecule has 1 aliphatic heterocycles. The summed E-state index contributed by atoms with van der Waals surface area (Å²) in [6.45, 7) is 4.21. The van der Waals surface area contributed by atoms with Gasteiger partial charge in [0.2, 0.25) is 17.7 Å². The van der Waals surface area contributed by atoms with E-state index in [1.54, 1.807) is 12.1 Å². The van der Waals surface area contributed by atoms with E-state index in [2.05, 4.69) is 15.6 Å². The number of benzene rings is 1. The zero-order chi connectivity index (χ0) is 29.1. The van der Waals surface area contributed by atoms with Crippen molar-refractivity contribution in [2.24, 2.45) is 28.1 Å². The predicted molar refractivity (Wildman–Crippen MR) is 145 cm³/mol. The number of carbonyl (C=O) groups excluding carboxylic acids is 3. The Morgan fingerprint density at radius 3 is 2.33 bits per heavy atom. The van der Waals surface area contributed by atoms with Crippen molar-refractivity contribution >= 4 is 29.7 Å². The molecule has 0 aromatic heterocycles. The highest BCUT2D eigenvalue weighted by Gasteiger charge is 2.38. The number of guanidine groups is 1. The van der Waals surface area contributed by atoms with Crippen LogP contribution in [0.15, 0.2) is 29.3 Å². The van der Waals surface area contributed by atoms with E-state index in [1.807, 2.05) is 13.8 Å². The molecule has 0 aliphatic carbocycles. The molecule has 0 bridgehead atoms. The van der Waals surface area contributed by atoms with Crippen LogP contribution in [0.2, 0.25) is 0 Å². The number of nitrogens with two attached hydrogens (primary N) is 3. The van der Waals surface area contributed by atoms with E-state index in [0.717, 1.165) is 0 Å². The van der Waals surface area contributed by atoms with Gasteiger partial charge in [-0.3, -0.25) is 19.4 Å². The second kappa shape index (κ2) is 14.9. The molecule has 1 aromatic carbocycles. The lowest BCUT2D eigenvalue weighted by Gasteiger charge is -2.29. The SMILES string of the molecule is CCC(C)C(N)C(=O)NC(CCCN=C(N)N)C(=O)NC(Cc1ccc(O)cc1)C(=O)N1CCCC1C(=O)O. The molecule has 13 heteroatoms. The van der Waals surface area contributed by atoms with Gasteiger partial charge in [0.25, 0.3) is 0 Å². The van der Waals surface area contributed by atoms with Crippen LogP contribution in [0.25, 0.3) is 0 Å². The van der Waals surface area contributed by atoms with Crippen molar-refractivity contribution in [1.29, 1.82) is 0 Å². The Bertz CT molecular complexity index is 1030. The Kier molecular flexibility index (Phi) is 12.0. The number of hydrogen-bond donors (Lipinski definition) is 7. The molecule has 2 rings (SSSR count). The molecule has 1 aliphatic rings. The van der Waals surface area contributed by atoms with E-state index in [-0.39, 0.29) is 43.6 Å². The molecule has 1 fully saturated rings. The molecular formula is C26H41N7O6. The number of phenolic OH excluding ortho intramolecular Hbond substituents is 1. The molecule has 5 unspecified atom stereocenters. The summed E-state index contributed by atoms with van der Waals surface area (Å²) in [5.41, 5.74) is 17.5. The molecule has 1 heterocycles. The number of aliphatic carboxylic acids is 1. The number of phenols is 1. The maximum absolute atomic E-state index is 13.5. The maximum Gasteiger partial charge on any atom is 0.326 e. The van der Waals surface area contributed by atoms with E-state index in [0.29, 0.717) is 31.2 Å². The first-order chi connectivity index (χ1) is 18.4. The molecule has 3 amide bonds. The number of carbonyl (C=O) groups is 4. The summed E-state index contributed by atoms with van der Waals surface area (Å²) in [6, 6.07) is 2.17. The number of nitrogens with zero attached hydrogens (tertiary/aromatic N) is 2. The lowest BCUT2D eigenvalue weighted by Crippen LogP contribution is -2.58. The molecular weight excluding hydrogens is 506 g/mol. The average Bonchev–Trinajstić information content (AvgIpc) is 3.40. The van der Waals surface area contributed by atoms with Crippen molar-refractivity contribution < 1.29 is 29.4 Å². The molecule has 1 aromatic rings. The van der Waals surface area contributed by atoms with Gasteiger partial charge in [0.05, 0.1) is 6.04 Å². The van der Waals surface area contributed by atoms with Gasteiger partial charge in [-0.25, -0.2) is 4.79 Å². The van der Waals surface area contributed by atoms with Gasteiger partial charge in [-0.05, 0) is 49.3 Å². The third-order valence-corrected chi connectivity index (χ3v) is 6.95. The lowest BCUT2D eigenvalue weighted by atomic mass is 9.98. The van der Waals surface area contributed by atoms with Crippen LogP contribution in [0, 0.1) is 5.92 Å². The molecule has 216 valence electrons. The second-order valence-corrected chi connectivity index (χ2v) is 9.88. The van der Waals surface area contributed by atoms with Crippen LogP contribution >= 0.6 is 0 Å². The zero-order valence-electron chi connectivity index (χ0n) is 22.5. The number of carboxylic acid groups (broad SMARTS) is 1. The second-order valence-electron chi connectivity index (χ2n) is 9.88. The van der Waals surface area contributed by atoms with Gasteiger partial charge in [0.15, 0.2) is 5.96 Å². The third-order valence-electron chi connectivity index (χ3n) is 6.95. The molecule has 0 saturated carbocycles. The van der Waals surface area contributed by atoms with Crippen LogP contribution < -0.4 is 27.8 Å². The summed E-state index contributed by atoms with van der Waals surface area (Å²) in [5, 5.41) is 24.6. The molecule has 1 saturated heterocycles. The van der Waals surface area contributed by atoms with Gasteiger partial charge in [-0.2, -0.15) is 0 Å². The van der Waals surface area contributed by atoms with Gasteiger partial charge in [0, 0.05) is 19.5 Å². The minimum Gasteiger partial charge on any atom is -0.508 e. The van der Waals surface area contributed by atoms with Crippen LogP contribution in [0.3, 0.4) is 0 Å². The number of likely N-dealkylation sites (tertiary alicyclic amines) is 1. The maximum atomic E-state index is 13.5. The number of aromatic hydroxyl groups is 1. The Morgan fingerprint density at radius 1 is 1.10 bits per heavy atom. The number of aliphatic imine (C=N–C) groups is 1. The fraction of sp³-hybridized carbons (Fsp3) is 0.577. The van der Waals surface area contributed by atoms with E-state index >= 15 is 0 Å². The van der Waals surface area contributed by atoms with Crippen molar-refractivity contribution in [3.05, 3.63) is 29.8 Å². The van der Waals surface area contributed by atoms with E-state index in [9.17, 15) is 29.4 Å². The topological polar surface area (TPSA) is 226 Å². The highest BCUT2D eigenvalue weighted by Crippen LogP contribution is 2.20. The molecule has 0 radical (unpaired) electrons. The van der Waals surface area contributed by atoms with Crippen LogP contribution in [-0.4, -0.2) is 82.0 Å². The first kappa shape index (κ1) is 31.3. The Morgan fingerprint density at radius 2 is 1.74 bits per heavy atom. The summed E-state index contributed by atoms with van der Waals surface area (Å²) in [6.07, 6.45) is 2.09. The van der Waals surface area contributed by atoms with Crippen molar-refractivity contribution in [2.45, 2.75) is 76.5 Å². The largest absolute Gasteiger partial charge is 0.508 e. The van der Waals surface area contributed by atoms with E-state index < -0.39 is 47.9 Å². The Balaban J connectivity index is 2.28. The van der Waals surface area contributed by atoms with Crippen LogP contribution in [0.4, 0.5) is 0 Å². The van der Waals surface area contributed by atoms with Gasteiger partial charge in [-0.1, -0.05) is 32.4 Å². The van der Waals surface area contributed by atoms with Crippen molar-refractivity contribution in [2.75, 3.05) is 13.1 Å². The minimum atomic E-state index is -1.11.